The van der Waals surface area contributed by atoms with Crippen LogP contribution < -0.4 is 9.64 Å². The van der Waals surface area contributed by atoms with E-state index in [1.807, 2.05) is 30.0 Å². The Labute approximate surface area is 167 Å². The minimum Gasteiger partial charge on any atom is -0.494 e. The molecule has 0 unspecified atom stereocenters. The van der Waals surface area contributed by atoms with Crippen LogP contribution in [-0.4, -0.2) is 23.8 Å². The Morgan fingerprint density at radius 3 is 2.46 bits per heavy atom. The summed E-state index contributed by atoms with van der Waals surface area (Å²) in [7, 11) is 0. The molecule has 2 aromatic rings. The molecule has 0 saturated heterocycles. The van der Waals surface area contributed by atoms with Gasteiger partial charge < -0.3 is 9.64 Å². The smallest absolute Gasteiger partial charge is 0.278 e. The van der Waals surface area contributed by atoms with E-state index in [9.17, 15) is 4.79 Å². The molecule has 1 amide bonds. The Kier molecular flexibility index (Phi) is 4.33. The van der Waals surface area contributed by atoms with Crippen LogP contribution in [0, 0.1) is 13.8 Å². The van der Waals surface area contributed by atoms with Crippen molar-refractivity contribution in [3.8, 4) is 5.75 Å². The predicted molar refractivity (Wildman–Crippen MR) is 114 cm³/mol. The zero-order valence-electron chi connectivity index (χ0n) is 17.6. The van der Waals surface area contributed by atoms with E-state index in [2.05, 4.69) is 46.8 Å². The SMILES string of the molecule is CCOc1cc2c3c(c1)[C@H](C)CC(C)(C)N3C(=O)C2=Nc1cc(C)cc(C)c1. The number of carbonyl (C=O) groups excluding carboxylic acids is 1. The lowest BCUT2D eigenvalue weighted by molar-refractivity contribution is -0.113. The molecule has 2 aliphatic heterocycles. The van der Waals surface area contributed by atoms with Crippen molar-refractivity contribution in [3.05, 3.63) is 52.6 Å². The van der Waals surface area contributed by atoms with E-state index in [1.54, 1.807) is 0 Å². The topological polar surface area (TPSA) is 41.9 Å². The first-order valence-corrected chi connectivity index (χ1v) is 10.0. The van der Waals surface area contributed by atoms with E-state index >= 15 is 0 Å². The van der Waals surface area contributed by atoms with Gasteiger partial charge in [0.05, 0.1) is 18.0 Å². The van der Waals surface area contributed by atoms with Gasteiger partial charge in [0.15, 0.2) is 0 Å². The van der Waals surface area contributed by atoms with Crippen molar-refractivity contribution in [2.24, 2.45) is 4.99 Å². The van der Waals surface area contributed by atoms with Crippen LogP contribution in [0.15, 0.2) is 35.3 Å². The molecule has 0 aliphatic carbocycles. The summed E-state index contributed by atoms with van der Waals surface area (Å²) in [6.07, 6.45) is 0.914. The Balaban J connectivity index is 1.96. The van der Waals surface area contributed by atoms with E-state index in [0.717, 1.165) is 40.2 Å². The van der Waals surface area contributed by atoms with E-state index in [4.69, 9.17) is 9.73 Å². The standard InChI is InChI=1S/C24H28N2O2/c1-7-28-18-11-19-16(4)13-24(5,6)26-22(19)20(12-18)21(23(26)27)25-17-9-14(2)8-15(3)10-17/h8-12,16H,7,13H2,1-6H3/t16-/m1/s1. The summed E-state index contributed by atoms with van der Waals surface area (Å²) < 4.78 is 5.82. The second-order valence-corrected chi connectivity index (χ2v) is 8.71. The van der Waals surface area contributed by atoms with Gasteiger partial charge in [0.25, 0.3) is 5.91 Å². The molecule has 0 N–H and O–H groups in total. The van der Waals surface area contributed by atoms with E-state index in [1.165, 1.54) is 5.56 Å². The first kappa shape index (κ1) is 18.7. The molecule has 1 atom stereocenters. The highest BCUT2D eigenvalue weighted by Gasteiger charge is 2.48. The van der Waals surface area contributed by atoms with Crippen molar-refractivity contribution in [2.75, 3.05) is 11.5 Å². The molecule has 0 radical (unpaired) electrons. The van der Waals surface area contributed by atoms with Gasteiger partial charge >= 0.3 is 0 Å². The highest BCUT2D eigenvalue weighted by Crippen LogP contribution is 2.50. The summed E-state index contributed by atoms with van der Waals surface area (Å²) in [5.74, 6) is 1.15. The molecule has 146 valence electrons. The summed E-state index contributed by atoms with van der Waals surface area (Å²) in [5.41, 5.74) is 6.47. The quantitative estimate of drug-likeness (QED) is 0.714. The number of hydrogen-bond acceptors (Lipinski definition) is 3. The van der Waals surface area contributed by atoms with Crippen LogP contribution in [0.2, 0.25) is 0 Å². The lowest BCUT2D eigenvalue weighted by Gasteiger charge is -2.43. The maximum Gasteiger partial charge on any atom is 0.278 e. The fraction of sp³-hybridized carbons (Fsp3) is 0.417. The van der Waals surface area contributed by atoms with Gasteiger partial charge in [0.2, 0.25) is 0 Å². The van der Waals surface area contributed by atoms with Crippen LogP contribution in [0.5, 0.6) is 5.75 Å². The van der Waals surface area contributed by atoms with Gasteiger partial charge in [-0.05, 0) is 87.9 Å². The third-order valence-electron chi connectivity index (χ3n) is 5.70. The number of rotatable bonds is 3. The molecule has 4 rings (SSSR count). The number of benzene rings is 2. The number of ether oxygens (including phenoxy) is 1. The second kappa shape index (κ2) is 6.47. The molecular formula is C24H28N2O2. The minimum atomic E-state index is -0.245. The molecule has 28 heavy (non-hydrogen) atoms. The maximum atomic E-state index is 13.5. The molecule has 0 fully saturated rings. The molecule has 2 aromatic carbocycles. The van der Waals surface area contributed by atoms with Crippen LogP contribution in [-0.2, 0) is 4.79 Å². The lowest BCUT2D eigenvalue weighted by atomic mass is 9.80. The van der Waals surface area contributed by atoms with Crippen LogP contribution in [0.1, 0.15) is 62.3 Å². The number of anilines is 1. The molecule has 4 nitrogen and oxygen atoms in total. The fourth-order valence-corrected chi connectivity index (χ4v) is 4.79. The highest BCUT2D eigenvalue weighted by molar-refractivity contribution is 6.55. The first-order valence-electron chi connectivity index (χ1n) is 10.0. The monoisotopic (exact) mass is 376 g/mol. The zero-order chi connectivity index (χ0) is 20.2. The van der Waals surface area contributed by atoms with Gasteiger partial charge in [-0.25, -0.2) is 4.99 Å². The second-order valence-electron chi connectivity index (χ2n) is 8.71. The molecule has 4 heteroatoms. The summed E-state index contributed by atoms with van der Waals surface area (Å²) in [4.78, 5) is 20.3. The number of nitrogens with zero attached hydrogens (tertiary/aromatic N) is 2. The fourth-order valence-electron chi connectivity index (χ4n) is 4.79. The van der Waals surface area contributed by atoms with Crippen molar-refractivity contribution in [3.63, 3.8) is 0 Å². The number of amides is 1. The number of hydrogen-bond donors (Lipinski definition) is 0. The maximum absolute atomic E-state index is 13.5. The molecule has 0 aromatic heterocycles. The van der Waals surface area contributed by atoms with Crippen LogP contribution in [0.3, 0.4) is 0 Å². The summed E-state index contributed by atoms with van der Waals surface area (Å²) in [6, 6.07) is 10.2. The lowest BCUT2D eigenvalue weighted by Crippen LogP contribution is -2.50. The van der Waals surface area contributed by atoms with E-state index in [-0.39, 0.29) is 11.4 Å². The van der Waals surface area contributed by atoms with Gasteiger partial charge in [-0.15, -0.1) is 0 Å². The van der Waals surface area contributed by atoms with Gasteiger partial charge in [-0.2, -0.15) is 0 Å². The van der Waals surface area contributed by atoms with Crippen molar-refractivity contribution < 1.29 is 9.53 Å². The molecular weight excluding hydrogens is 348 g/mol. The predicted octanol–water partition coefficient (Wildman–Crippen LogP) is 5.46. The van der Waals surface area contributed by atoms with Crippen molar-refractivity contribution in [1.82, 2.24) is 0 Å². The van der Waals surface area contributed by atoms with E-state index in [0.29, 0.717) is 18.2 Å². The number of carbonyl (C=O) groups is 1. The molecule has 0 spiro atoms. The average Bonchev–Trinajstić information content (AvgIpc) is 2.85. The Morgan fingerprint density at radius 1 is 1.14 bits per heavy atom. The first-order chi connectivity index (χ1) is 13.2. The molecule has 2 heterocycles. The summed E-state index contributed by atoms with van der Waals surface area (Å²) >= 11 is 0. The van der Waals surface area contributed by atoms with Gasteiger partial charge in [-0.1, -0.05) is 13.0 Å². The van der Waals surface area contributed by atoms with Crippen LogP contribution in [0.25, 0.3) is 0 Å². The van der Waals surface area contributed by atoms with Crippen molar-refractivity contribution in [1.29, 1.82) is 0 Å². The third-order valence-corrected chi connectivity index (χ3v) is 5.70. The van der Waals surface area contributed by atoms with Gasteiger partial charge in [0.1, 0.15) is 11.5 Å². The van der Waals surface area contributed by atoms with Crippen molar-refractivity contribution >= 4 is 23.0 Å². The normalized spacial score (nSPS) is 21.2. The third kappa shape index (κ3) is 2.92. The number of aryl methyl sites for hydroxylation is 2. The van der Waals surface area contributed by atoms with Gasteiger partial charge in [0, 0.05) is 11.1 Å². The van der Waals surface area contributed by atoms with Gasteiger partial charge in [-0.3, -0.25) is 4.79 Å². The summed E-state index contributed by atoms with van der Waals surface area (Å²) in [6.45, 7) is 13.2. The highest BCUT2D eigenvalue weighted by atomic mass is 16.5. The number of aliphatic imine (C=N–C) groups is 1. The van der Waals surface area contributed by atoms with Crippen LogP contribution >= 0.6 is 0 Å². The Hall–Kier alpha value is -2.62. The van der Waals surface area contributed by atoms with E-state index < -0.39 is 0 Å². The Bertz CT molecular complexity index is 984. The minimum absolute atomic E-state index is 0.0130. The summed E-state index contributed by atoms with van der Waals surface area (Å²) in [5, 5.41) is 0. The largest absolute Gasteiger partial charge is 0.494 e. The van der Waals surface area contributed by atoms with Crippen molar-refractivity contribution in [2.45, 2.75) is 59.4 Å². The Morgan fingerprint density at radius 2 is 1.82 bits per heavy atom. The van der Waals surface area contributed by atoms with Crippen LogP contribution in [0.4, 0.5) is 11.4 Å². The molecule has 0 saturated carbocycles. The molecule has 2 aliphatic rings. The zero-order valence-corrected chi connectivity index (χ0v) is 17.6. The molecule has 0 bridgehead atoms. The average molecular weight is 377 g/mol.